The average Bonchev–Trinajstić information content (AvgIpc) is 3.22. The molecular weight excluding hydrogens is 428 g/mol. The van der Waals surface area contributed by atoms with Crippen molar-refractivity contribution in [3.8, 4) is 16.5 Å². The van der Waals surface area contributed by atoms with E-state index in [0.29, 0.717) is 10.2 Å². The number of nitrogens with one attached hydrogen (secondary N) is 1. The van der Waals surface area contributed by atoms with Crippen molar-refractivity contribution in [1.29, 1.82) is 0 Å². The molecule has 25 heavy (non-hydrogen) atoms. The largest absolute Gasteiger partial charge is 0.495 e. The van der Waals surface area contributed by atoms with Gasteiger partial charge in [0.05, 0.1) is 19.1 Å². The van der Waals surface area contributed by atoms with Crippen LogP contribution in [0, 0.1) is 6.92 Å². The van der Waals surface area contributed by atoms with E-state index in [1.165, 1.54) is 24.5 Å². The summed E-state index contributed by atoms with van der Waals surface area (Å²) < 4.78 is 39.0. The van der Waals surface area contributed by atoms with E-state index in [4.69, 9.17) is 9.15 Å². The summed E-state index contributed by atoms with van der Waals surface area (Å²) in [5.41, 5.74) is 0.764. The molecule has 0 spiro atoms. The number of aromatic nitrogens is 1. The van der Waals surface area contributed by atoms with Gasteiger partial charge in [-0.25, -0.2) is 18.1 Å². The third-order valence-corrected chi connectivity index (χ3v) is 6.55. The molecule has 0 bridgehead atoms. The Morgan fingerprint density at radius 3 is 2.84 bits per heavy atom. The fraction of sp³-hybridized carbons (Fsp3) is 0.188. The summed E-state index contributed by atoms with van der Waals surface area (Å²) in [7, 11) is -2.30. The van der Waals surface area contributed by atoms with Gasteiger partial charge in [-0.1, -0.05) is 15.9 Å². The zero-order valence-electron chi connectivity index (χ0n) is 13.4. The van der Waals surface area contributed by atoms with Gasteiger partial charge < -0.3 is 9.15 Å². The highest BCUT2D eigenvalue weighted by atomic mass is 79.9. The lowest BCUT2D eigenvalue weighted by molar-refractivity contribution is 0.402. The quantitative estimate of drug-likeness (QED) is 0.624. The number of thiazole rings is 1. The van der Waals surface area contributed by atoms with Crippen molar-refractivity contribution in [3.05, 3.63) is 51.6 Å². The maximum absolute atomic E-state index is 12.6. The number of ether oxygens (including phenoxy) is 1. The lowest BCUT2D eigenvalue weighted by Crippen LogP contribution is -2.23. The van der Waals surface area contributed by atoms with Gasteiger partial charge in [0.15, 0.2) is 10.8 Å². The Morgan fingerprint density at radius 2 is 2.16 bits per heavy atom. The minimum absolute atomic E-state index is 0.0813. The van der Waals surface area contributed by atoms with Gasteiger partial charge in [0.1, 0.15) is 10.6 Å². The second-order valence-corrected chi connectivity index (χ2v) is 8.86. The highest BCUT2D eigenvalue weighted by Crippen LogP contribution is 2.30. The number of rotatable bonds is 6. The highest BCUT2D eigenvalue weighted by Gasteiger charge is 2.21. The van der Waals surface area contributed by atoms with Gasteiger partial charge in [0.25, 0.3) is 0 Å². The maximum atomic E-state index is 12.6. The molecule has 0 aliphatic rings. The Kier molecular flexibility index (Phi) is 5.28. The van der Waals surface area contributed by atoms with Gasteiger partial charge in [-0.15, -0.1) is 11.3 Å². The Balaban J connectivity index is 1.83. The lowest BCUT2D eigenvalue weighted by atomic mass is 10.3. The zero-order chi connectivity index (χ0) is 18.0. The fourth-order valence-corrected chi connectivity index (χ4v) is 4.96. The Labute approximate surface area is 158 Å². The first-order valence-electron chi connectivity index (χ1n) is 7.24. The molecule has 0 saturated heterocycles. The molecule has 6 nitrogen and oxygen atoms in total. The van der Waals surface area contributed by atoms with Crippen LogP contribution in [0.25, 0.3) is 10.8 Å². The zero-order valence-corrected chi connectivity index (χ0v) is 16.7. The number of sulfonamides is 1. The van der Waals surface area contributed by atoms with Gasteiger partial charge >= 0.3 is 0 Å². The second-order valence-electron chi connectivity index (χ2n) is 5.12. The number of hydrogen-bond acceptors (Lipinski definition) is 6. The summed E-state index contributed by atoms with van der Waals surface area (Å²) in [5, 5.41) is 0.719. The Hall–Kier alpha value is -1.68. The maximum Gasteiger partial charge on any atom is 0.244 e. The van der Waals surface area contributed by atoms with E-state index < -0.39 is 10.0 Å². The standard InChI is InChI=1S/C16H15BrN2O4S2/c1-10-14(24-16(19-10)13-4-3-7-23-13)9-18-25(20,21)15-8-11(17)5-6-12(15)22-2/h3-8,18H,9H2,1-2H3. The van der Waals surface area contributed by atoms with Gasteiger partial charge in [-0.3, -0.25) is 0 Å². The van der Waals surface area contributed by atoms with Crippen LogP contribution in [0.2, 0.25) is 0 Å². The van der Waals surface area contributed by atoms with Crippen molar-refractivity contribution in [3.63, 3.8) is 0 Å². The summed E-state index contributed by atoms with van der Waals surface area (Å²) in [6.07, 6.45) is 1.58. The van der Waals surface area contributed by atoms with Crippen molar-refractivity contribution in [1.82, 2.24) is 9.71 Å². The van der Waals surface area contributed by atoms with E-state index in [-0.39, 0.29) is 17.2 Å². The first-order chi connectivity index (χ1) is 11.9. The number of hydrogen-bond donors (Lipinski definition) is 1. The van der Waals surface area contributed by atoms with Crippen molar-refractivity contribution in [2.24, 2.45) is 0 Å². The third-order valence-electron chi connectivity index (χ3n) is 3.46. The molecule has 3 rings (SSSR count). The molecule has 0 atom stereocenters. The molecule has 3 aromatic rings. The van der Waals surface area contributed by atoms with Crippen LogP contribution in [-0.4, -0.2) is 20.5 Å². The van der Waals surface area contributed by atoms with Crippen LogP contribution in [0.4, 0.5) is 0 Å². The van der Waals surface area contributed by atoms with Crippen LogP contribution in [0.15, 0.2) is 50.4 Å². The molecule has 0 amide bonds. The summed E-state index contributed by atoms with van der Waals surface area (Å²) in [4.78, 5) is 5.34. The molecule has 0 fully saturated rings. The molecule has 0 aliphatic heterocycles. The van der Waals surface area contributed by atoms with Crippen molar-refractivity contribution >= 4 is 37.3 Å². The predicted octanol–water partition coefficient (Wildman–Crippen LogP) is 3.96. The molecule has 1 aromatic carbocycles. The minimum atomic E-state index is -3.73. The number of methoxy groups -OCH3 is 1. The van der Waals surface area contributed by atoms with Crippen LogP contribution in [0.5, 0.6) is 5.75 Å². The SMILES string of the molecule is COc1ccc(Br)cc1S(=O)(=O)NCc1sc(-c2ccco2)nc1C. The van der Waals surface area contributed by atoms with Gasteiger partial charge in [-0.05, 0) is 37.3 Å². The summed E-state index contributed by atoms with van der Waals surface area (Å²) in [6, 6.07) is 8.44. The molecule has 132 valence electrons. The van der Waals surface area contributed by atoms with E-state index in [0.717, 1.165) is 15.6 Å². The molecule has 0 unspecified atom stereocenters. The highest BCUT2D eigenvalue weighted by molar-refractivity contribution is 9.10. The predicted molar refractivity (Wildman–Crippen MR) is 99.3 cm³/mol. The first kappa shape index (κ1) is 18.1. The molecule has 2 heterocycles. The van der Waals surface area contributed by atoms with E-state index in [9.17, 15) is 8.42 Å². The van der Waals surface area contributed by atoms with E-state index in [2.05, 4.69) is 25.6 Å². The normalized spacial score (nSPS) is 11.6. The molecule has 0 aliphatic carbocycles. The Bertz CT molecular complexity index is 982. The van der Waals surface area contributed by atoms with Crippen LogP contribution < -0.4 is 9.46 Å². The monoisotopic (exact) mass is 442 g/mol. The van der Waals surface area contributed by atoms with E-state index in [1.54, 1.807) is 24.5 Å². The summed E-state index contributed by atoms with van der Waals surface area (Å²) in [5.74, 6) is 0.948. The molecule has 9 heteroatoms. The summed E-state index contributed by atoms with van der Waals surface area (Å²) >= 11 is 4.68. The number of aryl methyl sites for hydroxylation is 1. The van der Waals surface area contributed by atoms with Gasteiger partial charge in [0.2, 0.25) is 10.0 Å². The first-order valence-corrected chi connectivity index (χ1v) is 10.3. The molecule has 0 radical (unpaired) electrons. The third kappa shape index (κ3) is 3.95. The number of furan rings is 1. The van der Waals surface area contributed by atoms with Crippen molar-refractivity contribution < 1.29 is 17.6 Å². The molecule has 1 N–H and O–H groups in total. The van der Waals surface area contributed by atoms with Gasteiger partial charge in [-0.2, -0.15) is 0 Å². The second kappa shape index (κ2) is 7.28. The average molecular weight is 443 g/mol. The van der Waals surface area contributed by atoms with Crippen LogP contribution in [0.3, 0.4) is 0 Å². The fourth-order valence-electron chi connectivity index (χ4n) is 2.20. The van der Waals surface area contributed by atoms with Gasteiger partial charge in [0, 0.05) is 15.9 Å². The number of halogens is 1. The van der Waals surface area contributed by atoms with Crippen LogP contribution >= 0.6 is 27.3 Å². The van der Waals surface area contributed by atoms with Crippen molar-refractivity contribution in [2.75, 3.05) is 7.11 Å². The molecule has 0 saturated carbocycles. The minimum Gasteiger partial charge on any atom is -0.495 e. The van der Waals surface area contributed by atoms with Crippen molar-refractivity contribution in [2.45, 2.75) is 18.4 Å². The number of nitrogens with zero attached hydrogens (tertiary/aromatic N) is 1. The molecule has 2 aromatic heterocycles. The summed E-state index contributed by atoms with van der Waals surface area (Å²) in [6.45, 7) is 1.98. The topological polar surface area (TPSA) is 81.4 Å². The van der Waals surface area contributed by atoms with E-state index in [1.807, 2.05) is 13.0 Å². The Morgan fingerprint density at radius 1 is 1.36 bits per heavy atom. The molecular formula is C16H15BrN2O4S2. The van der Waals surface area contributed by atoms with E-state index >= 15 is 0 Å². The lowest BCUT2D eigenvalue weighted by Gasteiger charge is -2.10. The van der Waals surface area contributed by atoms with Crippen LogP contribution in [0.1, 0.15) is 10.6 Å². The number of benzene rings is 1. The smallest absolute Gasteiger partial charge is 0.244 e. The van der Waals surface area contributed by atoms with Crippen LogP contribution in [-0.2, 0) is 16.6 Å².